The molecule has 2 nitrogen and oxygen atoms in total. The summed E-state index contributed by atoms with van der Waals surface area (Å²) in [5.41, 5.74) is 0.284. The van der Waals surface area contributed by atoms with Crippen LogP contribution in [0.5, 0.6) is 5.75 Å². The van der Waals surface area contributed by atoms with E-state index in [0.29, 0.717) is 18.8 Å². The van der Waals surface area contributed by atoms with Crippen LogP contribution in [0.2, 0.25) is 0 Å². The van der Waals surface area contributed by atoms with Gasteiger partial charge < -0.3 is 4.74 Å². The molecule has 0 bridgehead atoms. The molecule has 1 aromatic rings. The van der Waals surface area contributed by atoms with Crippen molar-refractivity contribution in [1.82, 2.24) is 0 Å². The largest absolute Gasteiger partial charge is 0.423 e. The monoisotopic (exact) mass is 486 g/mol. The van der Waals surface area contributed by atoms with Gasteiger partial charge in [-0.25, -0.2) is 4.39 Å². The second kappa shape index (κ2) is 12.5. The molecule has 1 aromatic carbocycles. The second-order valence-corrected chi connectivity index (χ2v) is 11.6. The van der Waals surface area contributed by atoms with E-state index in [1.807, 2.05) is 0 Å². The number of carbonyl (C=O) groups is 1. The predicted molar refractivity (Wildman–Crippen MR) is 137 cm³/mol. The van der Waals surface area contributed by atoms with Crippen LogP contribution >= 0.6 is 0 Å². The van der Waals surface area contributed by atoms with Crippen LogP contribution < -0.4 is 4.74 Å². The van der Waals surface area contributed by atoms with Gasteiger partial charge in [0.15, 0.2) is 11.6 Å². The Morgan fingerprint density at radius 1 is 0.943 bits per heavy atom. The minimum Gasteiger partial charge on any atom is -0.423 e. The van der Waals surface area contributed by atoms with Crippen molar-refractivity contribution in [2.75, 3.05) is 0 Å². The lowest BCUT2D eigenvalue weighted by molar-refractivity contribution is -0.140. The van der Waals surface area contributed by atoms with Gasteiger partial charge in [-0.05, 0) is 112 Å². The summed E-state index contributed by atoms with van der Waals surface area (Å²) in [4.78, 5) is 12.7. The maximum absolute atomic E-state index is 14.5. The van der Waals surface area contributed by atoms with Crippen LogP contribution in [0.4, 0.5) is 8.78 Å². The number of hydrogen-bond donors (Lipinski definition) is 0. The molecule has 0 heterocycles. The molecule has 3 fully saturated rings. The second-order valence-electron chi connectivity index (χ2n) is 11.6. The Labute approximate surface area is 210 Å². The highest BCUT2D eigenvalue weighted by molar-refractivity contribution is 5.75. The van der Waals surface area contributed by atoms with Gasteiger partial charge in [0.05, 0.1) is 5.92 Å². The van der Waals surface area contributed by atoms with Crippen LogP contribution in [0.15, 0.2) is 24.8 Å². The first-order valence-electron chi connectivity index (χ1n) is 14.3. The molecule has 0 N–H and O–H groups in total. The Balaban J connectivity index is 1.24. The SMILES string of the molecule is C=CCCc1ccc(OC(=O)C2CCC(C3CCC4CC(CCCC)CCC4C3)CC2)c(F)c1F. The van der Waals surface area contributed by atoms with E-state index in [1.54, 1.807) is 6.08 Å². The Morgan fingerprint density at radius 3 is 2.31 bits per heavy atom. The number of esters is 1. The standard InChI is InChI=1S/C31H44F2O2/c1-3-5-7-21-9-10-27-20-26(16-15-25(27)19-21)22-11-13-24(14-12-22)31(34)35-28-18-17-23(8-6-4-2)29(32)30(28)33/h4,17-18,21-22,24-27H,2-3,5-16,19-20H2,1H3. The summed E-state index contributed by atoms with van der Waals surface area (Å²) >= 11 is 0. The van der Waals surface area contributed by atoms with Crippen molar-refractivity contribution < 1.29 is 18.3 Å². The highest BCUT2D eigenvalue weighted by Crippen LogP contribution is 2.49. The number of halogens is 2. The minimum absolute atomic E-state index is 0.209. The molecule has 3 aliphatic carbocycles. The average molecular weight is 487 g/mol. The van der Waals surface area contributed by atoms with Gasteiger partial charge in [0, 0.05) is 0 Å². The number of unbranched alkanes of at least 4 members (excludes halogenated alkanes) is 1. The summed E-state index contributed by atoms with van der Waals surface area (Å²) in [6.45, 7) is 5.91. The molecule has 0 aliphatic heterocycles. The molecule has 3 aliphatic rings. The van der Waals surface area contributed by atoms with Crippen molar-refractivity contribution in [2.45, 2.75) is 103 Å². The molecular formula is C31H44F2O2. The van der Waals surface area contributed by atoms with Gasteiger partial charge in [0.2, 0.25) is 5.82 Å². The van der Waals surface area contributed by atoms with E-state index in [4.69, 9.17) is 4.74 Å². The van der Waals surface area contributed by atoms with Crippen LogP contribution in [0.3, 0.4) is 0 Å². The quantitative estimate of drug-likeness (QED) is 0.198. The molecule has 4 atom stereocenters. The maximum atomic E-state index is 14.5. The van der Waals surface area contributed by atoms with Crippen molar-refractivity contribution in [3.8, 4) is 5.75 Å². The van der Waals surface area contributed by atoms with Crippen LogP contribution in [-0.2, 0) is 11.2 Å². The fourth-order valence-electron chi connectivity index (χ4n) is 7.33. The third-order valence-electron chi connectivity index (χ3n) is 9.46. The molecule has 0 radical (unpaired) electrons. The zero-order valence-electron chi connectivity index (χ0n) is 21.6. The molecule has 4 unspecified atom stereocenters. The number of fused-ring (bicyclic) bond motifs is 1. The molecule has 0 spiro atoms. The molecular weight excluding hydrogens is 442 g/mol. The molecule has 0 saturated heterocycles. The minimum atomic E-state index is -1.06. The van der Waals surface area contributed by atoms with Gasteiger partial charge in [-0.1, -0.05) is 44.7 Å². The van der Waals surface area contributed by atoms with Gasteiger partial charge in [0.1, 0.15) is 0 Å². The topological polar surface area (TPSA) is 26.3 Å². The first kappa shape index (κ1) is 26.4. The van der Waals surface area contributed by atoms with Gasteiger partial charge >= 0.3 is 5.97 Å². The molecule has 4 heteroatoms. The highest BCUT2D eigenvalue weighted by atomic mass is 19.2. The van der Waals surface area contributed by atoms with Crippen molar-refractivity contribution >= 4 is 5.97 Å². The van der Waals surface area contributed by atoms with E-state index in [-0.39, 0.29) is 17.2 Å². The molecule has 35 heavy (non-hydrogen) atoms. The van der Waals surface area contributed by atoms with Gasteiger partial charge in [-0.2, -0.15) is 4.39 Å². The Kier molecular flexibility index (Phi) is 9.41. The third kappa shape index (κ3) is 6.54. The summed E-state index contributed by atoms with van der Waals surface area (Å²) in [5, 5.41) is 0. The fourth-order valence-corrected chi connectivity index (χ4v) is 7.33. The zero-order chi connectivity index (χ0) is 24.8. The van der Waals surface area contributed by atoms with E-state index in [1.165, 1.54) is 69.9 Å². The van der Waals surface area contributed by atoms with Gasteiger partial charge in [-0.3, -0.25) is 4.79 Å². The third-order valence-corrected chi connectivity index (χ3v) is 9.46. The van der Waals surface area contributed by atoms with E-state index >= 15 is 0 Å². The summed E-state index contributed by atoms with van der Waals surface area (Å²) in [5.74, 6) is 1.46. The smallest absolute Gasteiger partial charge is 0.314 e. The summed E-state index contributed by atoms with van der Waals surface area (Å²) in [7, 11) is 0. The van der Waals surface area contributed by atoms with Crippen molar-refractivity contribution in [3.05, 3.63) is 42.0 Å². The number of allylic oxidation sites excluding steroid dienone is 1. The van der Waals surface area contributed by atoms with E-state index in [2.05, 4.69) is 13.5 Å². The first-order valence-corrected chi connectivity index (χ1v) is 14.3. The van der Waals surface area contributed by atoms with Crippen molar-refractivity contribution in [1.29, 1.82) is 0 Å². The maximum Gasteiger partial charge on any atom is 0.314 e. The normalized spacial score (nSPS) is 30.9. The Hall–Kier alpha value is -1.71. The van der Waals surface area contributed by atoms with Crippen molar-refractivity contribution in [3.63, 3.8) is 0 Å². The van der Waals surface area contributed by atoms with Crippen LogP contribution in [0, 0.1) is 47.1 Å². The first-order chi connectivity index (χ1) is 17.0. The van der Waals surface area contributed by atoms with Crippen LogP contribution in [-0.4, -0.2) is 5.97 Å². The van der Waals surface area contributed by atoms with Gasteiger partial charge in [0.25, 0.3) is 0 Å². The fraction of sp³-hybridized carbons (Fsp3) is 0.710. The number of benzene rings is 1. The van der Waals surface area contributed by atoms with Crippen molar-refractivity contribution in [2.24, 2.45) is 35.5 Å². The van der Waals surface area contributed by atoms with Crippen LogP contribution in [0.1, 0.15) is 102 Å². The Morgan fingerprint density at radius 2 is 1.60 bits per heavy atom. The number of ether oxygens (including phenoxy) is 1. The van der Waals surface area contributed by atoms with Gasteiger partial charge in [-0.15, -0.1) is 6.58 Å². The van der Waals surface area contributed by atoms with Crippen LogP contribution in [0.25, 0.3) is 0 Å². The zero-order valence-corrected chi connectivity index (χ0v) is 21.6. The number of hydrogen-bond acceptors (Lipinski definition) is 2. The van der Waals surface area contributed by atoms with E-state index in [0.717, 1.165) is 49.4 Å². The Bertz CT molecular complexity index is 858. The number of carbonyl (C=O) groups excluding carboxylic acids is 1. The summed E-state index contributed by atoms with van der Waals surface area (Å²) in [6, 6.07) is 2.89. The summed E-state index contributed by atoms with van der Waals surface area (Å²) < 4.78 is 34.1. The highest BCUT2D eigenvalue weighted by Gasteiger charge is 2.39. The lowest BCUT2D eigenvalue weighted by atomic mass is 9.60. The van der Waals surface area contributed by atoms with E-state index in [9.17, 15) is 13.6 Å². The number of rotatable bonds is 9. The van der Waals surface area contributed by atoms with E-state index < -0.39 is 17.6 Å². The molecule has 3 saturated carbocycles. The lowest BCUT2D eigenvalue weighted by Crippen LogP contribution is -2.35. The molecule has 194 valence electrons. The average Bonchev–Trinajstić information content (AvgIpc) is 2.89. The lowest BCUT2D eigenvalue weighted by Gasteiger charge is -2.45. The molecule has 4 rings (SSSR count). The number of aryl methyl sites for hydroxylation is 1. The summed E-state index contributed by atoms with van der Waals surface area (Å²) in [6.07, 6.45) is 18.9. The molecule has 0 aromatic heterocycles. The molecule has 0 amide bonds. The predicted octanol–water partition coefficient (Wildman–Crippen LogP) is 8.82.